The number of nitrogens with one attached hydrogen (secondary N) is 1. The number of hydrogen-bond acceptors (Lipinski definition) is 3. The molecule has 0 radical (unpaired) electrons. The first-order chi connectivity index (χ1) is 12.0. The molecule has 0 spiro atoms. The summed E-state index contributed by atoms with van der Waals surface area (Å²) >= 11 is 0. The summed E-state index contributed by atoms with van der Waals surface area (Å²) in [6.07, 6.45) is 0. The van der Waals surface area contributed by atoms with Gasteiger partial charge in [-0.2, -0.15) is 0 Å². The molecule has 1 saturated heterocycles. The van der Waals surface area contributed by atoms with Crippen molar-refractivity contribution < 1.29 is 9.13 Å². The smallest absolute Gasteiger partial charge is 0.194 e. The Hall–Kier alpha value is -0.930. The molecule has 2 atom stereocenters. The normalized spacial score (nSPS) is 19.6. The van der Waals surface area contributed by atoms with E-state index in [1.807, 2.05) is 18.0 Å². The van der Waals surface area contributed by atoms with Crippen LogP contribution in [-0.4, -0.2) is 67.7 Å². The van der Waals surface area contributed by atoms with Gasteiger partial charge in [0.1, 0.15) is 5.82 Å². The van der Waals surface area contributed by atoms with Crippen LogP contribution in [0, 0.1) is 5.82 Å². The van der Waals surface area contributed by atoms with E-state index >= 15 is 0 Å². The standard InChI is InChI=1S/C19H31FN4O.HI/c1-5-21-19(23(4)13-17-7-6-8-18(20)11-17)22-12-15(2)24-9-10-25-14-16(24)3;/h6-8,11,15-16H,5,9-10,12-14H2,1-4H3,(H,21,22);1H. The minimum absolute atomic E-state index is 0. The number of ether oxygens (including phenoxy) is 1. The van der Waals surface area contributed by atoms with E-state index in [2.05, 4.69) is 31.0 Å². The number of aliphatic imine (C=N–C) groups is 1. The van der Waals surface area contributed by atoms with E-state index < -0.39 is 0 Å². The highest BCUT2D eigenvalue weighted by atomic mass is 127. The summed E-state index contributed by atoms with van der Waals surface area (Å²) in [7, 11) is 1.98. The van der Waals surface area contributed by atoms with Crippen LogP contribution in [0.2, 0.25) is 0 Å². The molecule has 2 rings (SSSR count). The molecular weight excluding hydrogens is 446 g/mol. The van der Waals surface area contributed by atoms with Gasteiger partial charge in [-0.05, 0) is 38.5 Å². The molecule has 1 heterocycles. The molecule has 1 N–H and O–H groups in total. The summed E-state index contributed by atoms with van der Waals surface area (Å²) in [6.45, 7) is 11.1. The lowest BCUT2D eigenvalue weighted by atomic mass is 10.2. The number of hydrogen-bond donors (Lipinski definition) is 1. The van der Waals surface area contributed by atoms with E-state index in [9.17, 15) is 4.39 Å². The Balaban J connectivity index is 0.00000338. The Morgan fingerprint density at radius 3 is 2.92 bits per heavy atom. The average molecular weight is 478 g/mol. The zero-order valence-electron chi connectivity index (χ0n) is 16.2. The second-order valence-electron chi connectivity index (χ2n) is 6.69. The van der Waals surface area contributed by atoms with Crippen LogP contribution in [0.5, 0.6) is 0 Å². The topological polar surface area (TPSA) is 40.1 Å². The Morgan fingerprint density at radius 2 is 2.27 bits per heavy atom. The van der Waals surface area contributed by atoms with Crippen molar-refractivity contribution >= 4 is 29.9 Å². The van der Waals surface area contributed by atoms with Crippen molar-refractivity contribution in [3.63, 3.8) is 0 Å². The van der Waals surface area contributed by atoms with Crippen LogP contribution in [0.25, 0.3) is 0 Å². The number of morpholine rings is 1. The third-order valence-electron chi connectivity index (χ3n) is 4.50. The molecule has 1 fully saturated rings. The number of guanidine groups is 1. The van der Waals surface area contributed by atoms with Crippen LogP contribution < -0.4 is 5.32 Å². The number of rotatable bonds is 6. The van der Waals surface area contributed by atoms with Gasteiger partial charge in [0.15, 0.2) is 5.96 Å². The lowest BCUT2D eigenvalue weighted by Gasteiger charge is -2.37. The van der Waals surface area contributed by atoms with Crippen molar-refractivity contribution in [1.82, 2.24) is 15.1 Å². The molecule has 7 heteroatoms. The highest BCUT2D eigenvalue weighted by Crippen LogP contribution is 2.11. The molecule has 1 aromatic carbocycles. The van der Waals surface area contributed by atoms with Gasteiger partial charge in [-0.1, -0.05) is 12.1 Å². The van der Waals surface area contributed by atoms with Crippen molar-refractivity contribution in [1.29, 1.82) is 0 Å². The van der Waals surface area contributed by atoms with Crippen LogP contribution >= 0.6 is 24.0 Å². The predicted molar refractivity (Wildman–Crippen MR) is 116 cm³/mol. The van der Waals surface area contributed by atoms with Gasteiger partial charge in [-0.15, -0.1) is 24.0 Å². The Bertz CT molecular complexity index is 572. The summed E-state index contributed by atoms with van der Waals surface area (Å²) in [5.41, 5.74) is 0.933. The fraction of sp³-hybridized carbons (Fsp3) is 0.632. The maximum absolute atomic E-state index is 13.4. The molecule has 26 heavy (non-hydrogen) atoms. The summed E-state index contributed by atoms with van der Waals surface area (Å²) in [5.74, 6) is 0.641. The molecular formula is C19H32FIN4O. The van der Waals surface area contributed by atoms with E-state index in [1.54, 1.807) is 12.1 Å². The molecule has 148 valence electrons. The van der Waals surface area contributed by atoms with E-state index in [0.29, 0.717) is 18.6 Å². The van der Waals surface area contributed by atoms with Crippen molar-refractivity contribution in [2.24, 2.45) is 4.99 Å². The number of benzene rings is 1. The summed E-state index contributed by atoms with van der Waals surface area (Å²) in [6, 6.07) is 7.49. The Labute approximate surface area is 174 Å². The third kappa shape index (κ3) is 7.00. The third-order valence-corrected chi connectivity index (χ3v) is 4.50. The quantitative estimate of drug-likeness (QED) is 0.388. The van der Waals surface area contributed by atoms with Gasteiger partial charge in [-0.25, -0.2) is 4.39 Å². The SMILES string of the molecule is CCNC(=NCC(C)N1CCOCC1C)N(C)Cc1cccc(F)c1.I. The predicted octanol–water partition coefficient (Wildman–Crippen LogP) is 2.95. The average Bonchev–Trinajstić information content (AvgIpc) is 2.58. The largest absolute Gasteiger partial charge is 0.379 e. The zero-order chi connectivity index (χ0) is 18.2. The van der Waals surface area contributed by atoms with Crippen LogP contribution in [0.4, 0.5) is 4.39 Å². The van der Waals surface area contributed by atoms with Crippen LogP contribution in [0.3, 0.4) is 0 Å². The molecule has 0 bridgehead atoms. The first kappa shape index (κ1) is 23.1. The molecule has 0 amide bonds. The van der Waals surface area contributed by atoms with Gasteiger partial charge in [-0.3, -0.25) is 9.89 Å². The van der Waals surface area contributed by atoms with Crippen LogP contribution in [-0.2, 0) is 11.3 Å². The van der Waals surface area contributed by atoms with E-state index in [4.69, 9.17) is 9.73 Å². The van der Waals surface area contributed by atoms with Gasteiger partial charge in [0.05, 0.1) is 19.8 Å². The number of halogens is 2. The first-order valence-corrected chi connectivity index (χ1v) is 9.08. The maximum atomic E-state index is 13.4. The second-order valence-corrected chi connectivity index (χ2v) is 6.69. The van der Waals surface area contributed by atoms with Gasteiger partial charge in [0.2, 0.25) is 0 Å². The summed E-state index contributed by atoms with van der Waals surface area (Å²) in [4.78, 5) is 9.28. The van der Waals surface area contributed by atoms with Gasteiger partial charge in [0, 0.05) is 38.8 Å². The van der Waals surface area contributed by atoms with E-state index in [-0.39, 0.29) is 29.8 Å². The van der Waals surface area contributed by atoms with Crippen LogP contribution in [0.1, 0.15) is 26.3 Å². The Kier molecular flexibility index (Phi) is 10.4. The van der Waals surface area contributed by atoms with E-state index in [1.165, 1.54) is 6.07 Å². The molecule has 1 aliphatic heterocycles. The van der Waals surface area contributed by atoms with Gasteiger partial charge in [0.25, 0.3) is 0 Å². The fourth-order valence-electron chi connectivity index (χ4n) is 3.17. The summed E-state index contributed by atoms with van der Waals surface area (Å²) in [5, 5.41) is 3.33. The lowest BCUT2D eigenvalue weighted by molar-refractivity contribution is -0.0166. The van der Waals surface area contributed by atoms with Crippen molar-refractivity contribution in [2.75, 3.05) is 39.9 Å². The highest BCUT2D eigenvalue weighted by molar-refractivity contribution is 14.0. The molecule has 1 aliphatic rings. The van der Waals surface area contributed by atoms with Crippen molar-refractivity contribution in [3.8, 4) is 0 Å². The zero-order valence-corrected chi connectivity index (χ0v) is 18.6. The highest BCUT2D eigenvalue weighted by Gasteiger charge is 2.23. The molecule has 0 aliphatic carbocycles. The first-order valence-electron chi connectivity index (χ1n) is 9.08. The minimum Gasteiger partial charge on any atom is -0.379 e. The van der Waals surface area contributed by atoms with Crippen molar-refractivity contribution in [3.05, 3.63) is 35.6 Å². The van der Waals surface area contributed by atoms with Crippen LogP contribution in [0.15, 0.2) is 29.3 Å². The number of nitrogens with zero attached hydrogens (tertiary/aromatic N) is 3. The molecule has 1 aromatic rings. The Morgan fingerprint density at radius 1 is 1.50 bits per heavy atom. The summed E-state index contributed by atoms with van der Waals surface area (Å²) < 4.78 is 18.9. The monoisotopic (exact) mass is 478 g/mol. The maximum Gasteiger partial charge on any atom is 0.194 e. The molecule has 0 aromatic heterocycles. The van der Waals surface area contributed by atoms with Gasteiger partial charge < -0.3 is 15.0 Å². The fourth-order valence-corrected chi connectivity index (χ4v) is 3.17. The van der Waals surface area contributed by atoms with Gasteiger partial charge >= 0.3 is 0 Å². The molecule has 5 nitrogen and oxygen atoms in total. The van der Waals surface area contributed by atoms with Crippen molar-refractivity contribution in [2.45, 2.75) is 39.4 Å². The minimum atomic E-state index is -0.206. The molecule has 0 saturated carbocycles. The lowest BCUT2D eigenvalue weighted by Crippen LogP contribution is -2.49. The van der Waals surface area contributed by atoms with E-state index in [0.717, 1.165) is 44.4 Å². The second kappa shape index (κ2) is 11.7. The molecule has 2 unspecified atom stereocenters.